The highest BCUT2D eigenvalue weighted by molar-refractivity contribution is 6.02. The molecule has 0 aromatic heterocycles. The summed E-state index contributed by atoms with van der Waals surface area (Å²) in [6.45, 7) is 3.27. The number of carbonyl (C=O) groups is 3. The van der Waals surface area contributed by atoms with E-state index in [0.717, 1.165) is 43.6 Å². The van der Waals surface area contributed by atoms with Crippen LogP contribution in [0.25, 0.3) is 0 Å². The normalized spacial score (nSPS) is 17.8. The fourth-order valence-corrected chi connectivity index (χ4v) is 4.85. The number of rotatable bonds is 8. The average molecular weight is 496 g/mol. The molecule has 0 amide bonds. The van der Waals surface area contributed by atoms with Gasteiger partial charge in [0.05, 0.1) is 14.2 Å². The molecule has 1 atom stereocenters. The lowest BCUT2D eigenvalue weighted by Crippen LogP contribution is -2.34. The summed E-state index contributed by atoms with van der Waals surface area (Å²) >= 11 is 0. The van der Waals surface area contributed by atoms with Gasteiger partial charge in [0.1, 0.15) is 0 Å². The van der Waals surface area contributed by atoms with Crippen LogP contribution in [0.1, 0.15) is 40.7 Å². The van der Waals surface area contributed by atoms with Gasteiger partial charge in [0.25, 0.3) is 0 Å². The number of Topliss-reactive ketones (excluding diaryl/α,β-unsaturated/α-hetero) is 1. The van der Waals surface area contributed by atoms with E-state index in [0.29, 0.717) is 29.6 Å². The largest absolute Gasteiger partial charge is 0.493 e. The summed E-state index contributed by atoms with van der Waals surface area (Å²) < 4.78 is 10.8. The van der Waals surface area contributed by atoms with E-state index in [-0.39, 0.29) is 11.7 Å². The highest BCUT2D eigenvalue weighted by Crippen LogP contribution is 2.39. The number of carboxylic acids is 2. The first-order valence-corrected chi connectivity index (χ1v) is 12.0. The molecule has 0 spiro atoms. The van der Waals surface area contributed by atoms with Gasteiger partial charge in [0.15, 0.2) is 17.3 Å². The van der Waals surface area contributed by atoms with Gasteiger partial charge < -0.3 is 19.7 Å². The lowest BCUT2D eigenvalue weighted by molar-refractivity contribution is -0.134. The SMILES string of the molecule is COc1cc2c(cc1OC)C(=O)C(CC1CCN(Cc3ccccc3)CC1)C2.O=C(O)C=CC(=O)O. The predicted octanol–water partition coefficient (Wildman–Crippen LogP) is 4.07. The van der Waals surface area contributed by atoms with Crippen LogP contribution in [0.3, 0.4) is 0 Å². The van der Waals surface area contributed by atoms with E-state index >= 15 is 0 Å². The van der Waals surface area contributed by atoms with Gasteiger partial charge in [0, 0.05) is 30.2 Å². The van der Waals surface area contributed by atoms with E-state index in [1.807, 2.05) is 12.1 Å². The molecule has 1 heterocycles. The minimum Gasteiger partial charge on any atom is -0.493 e. The Kier molecular flexibility index (Phi) is 9.64. The van der Waals surface area contributed by atoms with Crippen molar-refractivity contribution < 1.29 is 34.1 Å². The van der Waals surface area contributed by atoms with Crippen molar-refractivity contribution in [3.63, 3.8) is 0 Å². The van der Waals surface area contributed by atoms with Crippen molar-refractivity contribution in [2.75, 3.05) is 27.3 Å². The number of aliphatic carboxylic acids is 2. The zero-order valence-corrected chi connectivity index (χ0v) is 20.7. The maximum absolute atomic E-state index is 12.9. The van der Waals surface area contributed by atoms with Crippen molar-refractivity contribution in [3.8, 4) is 11.5 Å². The third-order valence-electron chi connectivity index (χ3n) is 6.65. The van der Waals surface area contributed by atoms with Gasteiger partial charge in [-0.2, -0.15) is 0 Å². The number of hydrogen-bond acceptors (Lipinski definition) is 6. The molecule has 2 aliphatic rings. The summed E-state index contributed by atoms with van der Waals surface area (Å²) in [5, 5.41) is 15.6. The van der Waals surface area contributed by atoms with Crippen LogP contribution < -0.4 is 9.47 Å². The summed E-state index contributed by atoms with van der Waals surface area (Å²) in [6, 6.07) is 14.5. The van der Waals surface area contributed by atoms with Crippen LogP contribution in [0.5, 0.6) is 11.5 Å². The molecule has 0 bridgehead atoms. The molecule has 8 heteroatoms. The molecule has 1 fully saturated rings. The van der Waals surface area contributed by atoms with Crippen molar-refractivity contribution >= 4 is 17.7 Å². The fraction of sp³-hybridized carbons (Fsp3) is 0.393. The number of benzene rings is 2. The van der Waals surface area contributed by atoms with Crippen LogP contribution in [0.15, 0.2) is 54.6 Å². The summed E-state index contributed by atoms with van der Waals surface area (Å²) in [5.74, 6) is -0.132. The molecule has 36 heavy (non-hydrogen) atoms. The zero-order chi connectivity index (χ0) is 26.1. The molecule has 0 radical (unpaired) electrons. The quantitative estimate of drug-likeness (QED) is 0.527. The second kappa shape index (κ2) is 12.9. The minimum atomic E-state index is -1.26. The number of carboxylic acid groups (broad SMARTS) is 2. The van der Waals surface area contributed by atoms with Crippen LogP contribution in [-0.4, -0.2) is 60.1 Å². The maximum atomic E-state index is 12.9. The minimum absolute atomic E-state index is 0.109. The first-order chi connectivity index (χ1) is 17.3. The number of ketones is 1. The first kappa shape index (κ1) is 26.9. The lowest BCUT2D eigenvalue weighted by atomic mass is 9.85. The topological polar surface area (TPSA) is 113 Å². The van der Waals surface area contributed by atoms with Crippen LogP contribution in [0.2, 0.25) is 0 Å². The number of methoxy groups -OCH3 is 2. The molecular formula is C28H33NO7. The van der Waals surface area contributed by atoms with E-state index in [2.05, 4.69) is 35.2 Å². The predicted molar refractivity (Wildman–Crippen MR) is 135 cm³/mol. The number of nitrogens with zero attached hydrogens (tertiary/aromatic N) is 1. The van der Waals surface area contributed by atoms with Crippen molar-refractivity contribution in [2.24, 2.45) is 11.8 Å². The first-order valence-electron chi connectivity index (χ1n) is 12.0. The molecule has 192 valence electrons. The summed E-state index contributed by atoms with van der Waals surface area (Å²) in [7, 11) is 3.26. The standard InChI is InChI=1S/C24H29NO3.C4H4O4/c1-27-22-14-19-13-20(24(26)21(19)15-23(22)28-2)12-17-8-10-25(11-9-17)16-18-6-4-3-5-7-18;5-3(6)1-2-4(7)8/h3-7,14-15,17,20H,8-13,16H2,1-2H3;1-2H,(H,5,6)(H,7,8). The Morgan fingerprint density at radius 2 is 1.56 bits per heavy atom. The average Bonchev–Trinajstić information content (AvgIpc) is 3.18. The third kappa shape index (κ3) is 7.42. The molecule has 1 aliphatic heterocycles. The van der Waals surface area contributed by atoms with Crippen molar-refractivity contribution in [1.82, 2.24) is 4.90 Å². The Balaban J connectivity index is 0.000000392. The molecule has 2 aromatic carbocycles. The number of carbonyl (C=O) groups excluding carboxylic acids is 1. The lowest BCUT2D eigenvalue weighted by Gasteiger charge is -2.32. The fourth-order valence-electron chi connectivity index (χ4n) is 4.85. The second-order valence-electron chi connectivity index (χ2n) is 9.08. The van der Waals surface area contributed by atoms with Crippen molar-refractivity contribution in [1.29, 1.82) is 0 Å². The van der Waals surface area contributed by atoms with Gasteiger partial charge in [-0.3, -0.25) is 9.69 Å². The Bertz CT molecular complexity index is 1070. The highest BCUT2D eigenvalue weighted by Gasteiger charge is 2.34. The number of piperidine rings is 1. The van der Waals surface area contributed by atoms with Gasteiger partial charge in [-0.25, -0.2) is 9.59 Å². The third-order valence-corrected chi connectivity index (χ3v) is 6.65. The molecule has 8 nitrogen and oxygen atoms in total. The van der Waals surface area contributed by atoms with E-state index in [9.17, 15) is 14.4 Å². The van der Waals surface area contributed by atoms with Gasteiger partial charge in [-0.1, -0.05) is 30.3 Å². The Labute approximate surface area is 211 Å². The Morgan fingerprint density at radius 1 is 0.972 bits per heavy atom. The Morgan fingerprint density at radius 3 is 2.11 bits per heavy atom. The number of fused-ring (bicyclic) bond motifs is 1. The van der Waals surface area contributed by atoms with Crippen LogP contribution >= 0.6 is 0 Å². The molecule has 1 aliphatic carbocycles. The van der Waals surface area contributed by atoms with Crippen LogP contribution in [0.4, 0.5) is 0 Å². The van der Waals surface area contributed by atoms with Gasteiger partial charge in [0.2, 0.25) is 0 Å². The molecular weight excluding hydrogens is 462 g/mol. The molecule has 1 saturated heterocycles. The zero-order valence-electron chi connectivity index (χ0n) is 20.7. The summed E-state index contributed by atoms with van der Waals surface area (Å²) in [4.78, 5) is 34.6. The molecule has 2 N–H and O–H groups in total. The molecule has 2 aromatic rings. The van der Waals surface area contributed by atoms with Crippen molar-refractivity contribution in [3.05, 3.63) is 71.3 Å². The maximum Gasteiger partial charge on any atom is 0.328 e. The van der Waals surface area contributed by atoms with Gasteiger partial charge in [-0.05, 0) is 68.0 Å². The summed E-state index contributed by atoms with van der Waals surface area (Å²) in [6.07, 6.45) is 5.31. The highest BCUT2D eigenvalue weighted by atomic mass is 16.5. The van der Waals surface area contributed by atoms with Gasteiger partial charge in [-0.15, -0.1) is 0 Å². The molecule has 0 saturated carbocycles. The van der Waals surface area contributed by atoms with E-state index in [1.165, 1.54) is 18.4 Å². The van der Waals surface area contributed by atoms with Crippen LogP contribution in [-0.2, 0) is 22.6 Å². The molecule has 1 unspecified atom stereocenters. The number of likely N-dealkylation sites (tertiary alicyclic amines) is 1. The smallest absolute Gasteiger partial charge is 0.328 e. The Hall–Kier alpha value is -3.65. The van der Waals surface area contributed by atoms with Crippen LogP contribution in [0, 0.1) is 11.8 Å². The van der Waals surface area contributed by atoms with Gasteiger partial charge >= 0.3 is 11.9 Å². The van der Waals surface area contributed by atoms with E-state index in [4.69, 9.17) is 19.7 Å². The number of ether oxygens (including phenoxy) is 2. The second-order valence-corrected chi connectivity index (χ2v) is 9.08. The summed E-state index contributed by atoms with van der Waals surface area (Å²) in [5.41, 5.74) is 3.31. The van der Waals surface area contributed by atoms with E-state index in [1.54, 1.807) is 14.2 Å². The van der Waals surface area contributed by atoms with Crippen molar-refractivity contribution in [2.45, 2.75) is 32.2 Å². The van der Waals surface area contributed by atoms with E-state index < -0.39 is 11.9 Å². The molecule has 4 rings (SSSR count). The monoisotopic (exact) mass is 495 g/mol. The number of hydrogen-bond donors (Lipinski definition) is 2.